The van der Waals surface area contributed by atoms with Crippen LogP contribution in [-0.4, -0.2) is 18.5 Å². The normalized spacial score (nSPS) is 33.7. The minimum atomic E-state index is -0.490. The Morgan fingerprint density at radius 3 is 2.44 bits per heavy atom. The van der Waals surface area contributed by atoms with Crippen LogP contribution in [0.4, 0.5) is 0 Å². The van der Waals surface area contributed by atoms with Gasteiger partial charge >= 0.3 is 0 Å². The third-order valence-corrected chi connectivity index (χ3v) is 4.19. The average Bonchev–Trinajstić information content (AvgIpc) is 2.68. The van der Waals surface area contributed by atoms with Gasteiger partial charge in [-0.15, -0.1) is 0 Å². The van der Waals surface area contributed by atoms with E-state index in [2.05, 4.69) is 0 Å². The van der Waals surface area contributed by atoms with Gasteiger partial charge in [-0.3, -0.25) is 4.79 Å². The van der Waals surface area contributed by atoms with Gasteiger partial charge in [0.15, 0.2) is 5.78 Å². The van der Waals surface area contributed by atoms with Gasteiger partial charge < -0.3 is 4.74 Å². The van der Waals surface area contributed by atoms with Crippen molar-refractivity contribution in [2.24, 2.45) is 0 Å². The summed E-state index contributed by atoms with van der Waals surface area (Å²) in [5.74, 6) is 0.154. The SMILES string of the molecule is COC12C=CC(=O)C(c3ccccc3)(C=C1)CC2. The molecular formula is C16H16O2. The van der Waals surface area contributed by atoms with Gasteiger partial charge in [0.05, 0.1) is 5.41 Å². The third kappa shape index (κ3) is 1.49. The van der Waals surface area contributed by atoms with Crippen molar-refractivity contribution in [3.63, 3.8) is 0 Å². The average molecular weight is 240 g/mol. The topological polar surface area (TPSA) is 26.3 Å². The second-order valence-corrected chi connectivity index (χ2v) is 5.03. The van der Waals surface area contributed by atoms with E-state index in [9.17, 15) is 4.79 Å². The Hall–Kier alpha value is -1.67. The lowest BCUT2D eigenvalue weighted by Crippen LogP contribution is -2.38. The molecule has 0 aromatic heterocycles. The summed E-state index contributed by atoms with van der Waals surface area (Å²) in [6, 6.07) is 10.0. The van der Waals surface area contributed by atoms with Crippen LogP contribution in [0.5, 0.6) is 0 Å². The second-order valence-electron chi connectivity index (χ2n) is 5.03. The van der Waals surface area contributed by atoms with Gasteiger partial charge in [-0.1, -0.05) is 42.5 Å². The number of fused-ring (bicyclic) bond motifs is 2. The summed E-state index contributed by atoms with van der Waals surface area (Å²) < 4.78 is 5.55. The van der Waals surface area contributed by atoms with Gasteiger partial charge in [0.25, 0.3) is 0 Å². The molecule has 0 spiro atoms. The second kappa shape index (κ2) is 3.92. The van der Waals surface area contributed by atoms with Crippen LogP contribution in [0.25, 0.3) is 0 Å². The number of hydrogen-bond donors (Lipinski definition) is 0. The fourth-order valence-corrected chi connectivity index (χ4v) is 2.91. The lowest BCUT2D eigenvalue weighted by atomic mass is 9.69. The summed E-state index contributed by atoms with van der Waals surface area (Å²) in [6.45, 7) is 0. The molecule has 0 saturated heterocycles. The first-order valence-electron chi connectivity index (χ1n) is 6.26. The van der Waals surface area contributed by atoms with Gasteiger partial charge in [-0.2, -0.15) is 0 Å². The Labute approximate surface area is 107 Å². The smallest absolute Gasteiger partial charge is 0.169 e. The molecule has 0 heterocycles. The van der Waals surface area contributed by atoms with Crippen LogP contribution in [0.3, 0.4) is 0 Å². The maximum absolute atomic E-state index is 12.5. The van der Waals surface area contributed by atoms with Crippen LogP contribution in [0.1, 0.15) is 18.4 Å². The molecule has 0 saturated carbocycles. The lowest BCUT2D eigenvalue weighted by molar-refractivity contribution is -0.118. The molecular weight excluding hydrogens is 224 g/mol. The first-order chi connectivity index (χ1) is 8.71. The molecule has 92 valence electrons. The molecule has 1 aromatic rings. The molecule has 0 N–H and O–H groups in total. The summed E-state index contributed by atoms with van der Waals surface area (Å²) >= 11 is 0. The van der Waals surface area contributed by atoms with Crippen molar-refractivity contribution in [3.8, 4) is 0 Å². The van der Waals surface area contributed by atoms with E-state index >= 15 is 0 Å². The van der Waals surface area contributed by atoms with E-state index in [0.29, 0.717) is 0 Å². The van der Waals surface area contributed by atoms with E-state index in [1.807, 2.05) is 48.6 Å². The lowest BCUT2D eigenvalue weighted by Gasteiger charge is -2.36. The third-order valence-electron chi connectivity index (χ3n) is 4.19. The molecule has 18 heavy (non-hydrogen) atoms. The maximum atomic E-state index is 12.5. The largest absolute Gasteiger partial charge is 0.370 e. The zero-order valence-electron chi connectivity index (χ0n) is 10.4. The number of carbonyl (C=O) groups excluding carboxylic acids is 1. The van der Waals surface area contributed by atoms with Crippen molar-refractivity contribution >= 4 is 5.78 Å². The number of hydrogen-bond acceptors (Lipinski definition) is 2. The van der Waals surface area contributed by atoms with Crippen molar-refractivity contribution in [2.45, 2.75) is 23.9 Å². The van der Waals surface area contributed by atoms with Gasteiger partial charge in [-0.25, -0.2) is 0 Å². The van der Waals surface area contributed by atoms with Crippen LogP contribution in [0, 0.1) is 0 Å². The van der Waals surface area contributed by atoms with Gasteiger partial charge in [0.2, 0.25) is 0 Å². The summed E-state index contributed by atoms with van der Waals surface area (Å²) in [5.41, 5.74) is 0.197. The highest BCUT2D eigenvalue weighted by Gasteiger charge is 2.45. The van der Waals surface area contributed by atoms with Gasteiger partial charge in [0, 0.05) is 7.11 Å². The number of benzene rings is 1. The molecule has 1 aromatic carbocycles. The van der Waals surface area contributed by atoms with Crippen molar-refractivity contribution in [1.82, 2.24) is 0 Å². The first-order valence-corrected chi connectivity index (χ1v) is 6.26. The highest BCUT2D eigenvalue weighted by molar-refractivity contribution is 6.02. The van der Waals surface area contributed by atoms with Gasteiger partial charge in [-0.05, 0) is 30.6 Å². The van der Waals surface area contributed by atoms with Crippen molar-refractivity contribution in [1.29, 1.82) is 0 Å². The molecule has 2 bridgehead atoms. The van der Waals surface area contributed by atoms with E-state index in [1.165, 1.54) is 0 Å². The summed E-state index contributed by atoms with van der Waals surface area (Å²) in [7, 11) is 1.69. The maximum Gasteiger partial charge on any atom is 0.169 e. The molecule has 4 rings (SSSR count). The molecule has 0 radical (unpaired) electrons. The van der Waals surface area contributed by atoms with Crippen molar-refractivity contribution in [2.75, 3.05) is 7.11 Å². The quantitative estimate of drug-likeness (QED) is 0.743. The molecule has 0 amide bonds. The van der Waals surface area contributed by atoms with Crippen LogP contribution in [-0.2, 0) is 14.9 Å². The summed E-state index contributed by atoms with van der Waals surface area (Å²) in [5, 5.41) is 0. The van der Waals surface area contributed by atoms with E-state index in [-0.39, 0.29) is 11.4 Å². The fraction of sp³-hybridized carbons (Fsp3) is 0.312. The van der Waals surface area contributed by atoms with Crippen LogP contribution in [0.2, 0.25) is 0 Å². The highest BCUT2D eigenvalue weighted by Crippen LogP contribution is 2.43. The Morgan fingerprint density at radius 2 is 1.83 bits per heavy atom. The van der Waals surface area contributed by atoms with Crippen LogP contribution >= 0.6 is 0 Å². The summed E-state index contributed by atoms with van der Waals surface area (Å²) in [4.78, 5) is 12.5. The predicted molar refractivity (Wildman–Crippen MR) is 70.4 cm³/mol. The first kappa shape index (κ1) is 11.4. The van der Waals surface area contributed by atoms with Crippen LogP contribution in [0.15, 0.2) is 54.6 Å². The van der Waals surface area contributed by atoms with E-state index < -0.39 is 5.41 Å². The van der Waals surface area contributed by atoms with Crippen molar-refractivity contribution < 1.29 is 9.53 Å². The molecule has 0 aliphatic heterocycles. The number of allylic oxidation sites excluding steroid dienone is 2. The number of ketones is 1. The monoisotopic (exact) mass is 240 g/mol. The number of ether oxygens (including phenoxy) is 1. The number of methoxy groups -OCH3 is 1. The van der Waals surface area contributed by atoms with Gasteiger partial charge in [0.1, 0.15) is 5.60 Å². The Morgan fingerprint density at radius 1 is 1.06 bits per heavy atom. The minimum absolute atomic E-state index is 0.154. The minimum Gasteiger partial charge on any atom is -0.370 e. The molecule has 2 atom stereocenters. The summed E-state index contributed by atoms with van der Waals surface area (Å²) in [6.07, 6.45) is 9.28. The Bertz CT molecular complexity index is 529. The van der Waals surface area contributed by atoms with E-state index in [4.69, 9.17) is 4.74 Å². The molecule has 2 unspecified atom stereocenters. The zero-order valence-corrected chi connectivity index (χ0v) is 10.4. The number of rotatable bonds is 2. The predicted octanol–water partition coefficient (Wildman–Crippen LogP) is 2.80. The molecule has 2 heteroatoms. The molecule has 2 nitrogen and oxygen atoms in total. The fourth-order valence-electron chi connectivity index (χ4n) is 2.91. The Kier molecular flexibility index (Phi) is 2.49. The molecule has 3 aliphatic carbocycles. The highest BCUT2D eigenvalue weighted by atomic mass is 16.5. The molecule has 0 fully saturated rings. The number of carbonyl (C=O) groups is 1. The standard InChI is InChI=1S/C16H16O2/c1-18-15-8-7-14(17)16(11-9-15,12-10-15)13-5-3-2-4-6-13/h2-9,11H,10,12H2,1H3. The van der Waals surface area contributed by atoms with Crippen LogP contribution < -0.4 is 0 Å². The molecule has 3 aliphatic rings. The van der Waals surface area contributed by atoms with E-state index in [1.54, 1.807) is 13.2 Å². The van der Waals surface area contributed by atoms with E-state index in [0.717, 1.165) is 18.4 Å². The Balaban J connectivity index is 2.14. The zero-order chi connectivity index (χ0) is 12.6. The van der Waals surface area contributed by atoms with Crippen molar-refractivity contribution in [3.05, 3.63) is 60.2 Å².